The van der Waals surface area contributed by atoms with Crippen LogP contribution in [0.3, 0.4) is 0 Å². The van der Waals surface area contributed by atoms with Crippen LogP contribution in [-0.4, -0.2) is 9.97 Å². The van der Waals surface area contributed by atoms with E-state index in [0.717, 1.165) is 0 Å². The summed E-state index contributed by atoms with van der Waals surface area (Å²) in [6.07, 6.45) is 0. The van der Waals surface area contributed by atoms with E-state index in [-0.39, 0.29) is 0 Å². The van der Waals surface area contributed by atoms with Gasteiger partial charge in [0, 0.05) is 16.7 Å². The van der Waals surface area contributed by atoms with Gasteiger partial charge in [0.2, 0.25) is 0 Å². The number of hydrogen-bond donors (Lipinski definition) is 0. The molecule has 1 heterocycles. The van der Waals surface area contributed by atoms with Crippen LogP contribution in [0.25, 0.3) is 77.3 Å². The Hall–Kier alpha value is -5.60. The Morgan fingerprint density at radius 1 is 0.357 bits per heavy atom. The molecule has 0 bridgehead atoms. The van der Waals surface area contributed by atoms with Crippen LogP contribution >= 0.6 is 0 Å². The number of hydrogen-bond acceptors (Lipinski definition) is 2. The van der Waals surface area contributed by atoms with E-state index < -0.39 is 234 Å². The maximum absolute atomic E-state index is 9.75. The summed E-state index contributed by atoms with van der Waals surface area (Å²) in [6, 6.07) is -23.8. The van der Waals surface area contributed by atoms with Crippen molar-refractivity contribution in [1.29, 1.82) is 0 Å². The summed E-state index contributed by atoms with van der Waals surface area (Å²) in [7, 11) is 0. The van der Waals surface area contributed by atoms with Crippen molar-refractivity contribution in [2.75, 3.05) is 0 Å². The van der Waals surface area contributed by atoms with Gasteiger partial charge >= 0.3 is 0 Å². The minimum Gasteiger partial charge on any atom is -0.228 e. The molecule has 0 atom stereocenters. The lowest BCUT2D eigenvalue weighted by atomic mass is 9.91. The van der Waals surface area contributed by atoms with Gasteiger partial charge in [0.1, 0.15) is 0 Å². The van der Waals surface area contributed by atoms with Gasteiger partial charge in [0.15, 0.2) is 5.82 Å². The average molecular weight is 561 g/mol. The molecule has 196 valence electrons. The van der Waals surface area contributed by atoms with Crippen LogP contribution in [0.5, 0.6) is 0 Å². The highest BCUT2D eigenvalue weighted by molar-refractivity contribution is 6.19. The maximum Gasteiger partial charge on any atom is 0.160 e. The smallest absolute Gasteiger partial charge is 0.160 e. The first-order valence-electron chi connectivity index (χ1n) is 25.1. The van der Waals surface area contributed by atoms with Gasteiger partial charge in [-0.2, -0.15) is 0 Å². The molecule has 7 aromatic carbocycles. The molecule has 0 fully saturated rings. The zero-order valence-electron chi connectivity index (χ0n) is 46.9. The quantitative estimate of drug-likeness (QED) is 0.158. The van der Waals surface area contributed by atoms with Crippen molar-refractivity contribution in [2.24, 2.45) is 0 Å². The Bertz CT molecular complexity index is 3610. The van der Waals surface area contributed by atoms with Crippen LogP contribution in [0.15, 0.2) is 157 Å². The second-order valence-corrected chi connectivity index (χ2v) is 8.62. The molecule has 0 aliphatic heterocycles. The van der Waals surface area contributed by atoms with Gasteiger partial charge in [0.05, 0.1) is 47.0 Å². The molecule has 8 aromatic rings. The summed E-state index contributed by atoms with van der Waals surface area (Å²) in [5.41, 5.74) is -5.67. The van der Waals surface area contributed by atoms with Crippen molar-refractivity contribution in [1.82, 2.24) is 9.97 Å². The van der Waals surface area contributed by atoms with Crippen LogP contribution < -0.4 is 0 Å². The van der Waals surface area contributed by atoms with E-state index in [1.807, 2.05) is 0 Å². The van der Waals surface area contributed by atoms with Crippen molar-refractivity contribution in [3.63, 3.8) is 0 Å². The van der Waals surface area contributed by atoms with Crippen molar-refractivity contribution in [3.8, 4) is 45.0 Å². The molecular weight excluding hydrogens is 508 g/mol. The van der Waals surface area contributed by atoms with Gasteiger partial charge in [-0.05, 0) is 55.5 Å². The number of nitrogens with zero attached hydrogens (tertiary/aromatic N) is 2. The van der Waals surface area contributed by atoms with E-state index >= 15 is 0 Å². The topological polar surface area (TPSA) is 25.8 Å². The predicted octanol–water partition coefficient (Wildman–Crippen LogP) is 10.6. The van der Waals surface area contributed by atoms with Crippen LogP contribution in [0.4, 0.5) is 0 Å². The van der Waals surface area contributed by atoms with Crippen molar-refractivity contribution < 1.29 is 35.6 Å². The second kappa shape index (κ2) is 10.1. The van der Waals surface area contributed by atoms with E-state index in [1.165, 1.54) is 0 Å². The fourth-order valence-electron chi connectivity index (χ4n) is 4.35. The number of aromatic nitrogens is 2. The van der Waals surface area contributed by atoms with Crippen molar-refractivity contribution >= 4 is 32.3 Å². The van der Waals surface area contributed by atoms with Gasteiger partial charge in [0.25, 0.3) is 0 Å². The largest absolute Gasteiger partial charge is 0.228 e. The Kier molecular flexibility index (Phi) is 2.28. The van der Waals surface area contributed by atoms with E-state index in [0.29, 0.717) is 0 Å². The van der Waals surface area contributed by atoms with Crippen LogP contribution in [-0.2, 0) is 0 Å². The summed E-state index contributed by atoms with van der Waals surface area (Å²) in [6.45, 7) is 0. The molecule has 8 rings (SSSR count). The average Bonchev–Trinajstić information content (AvgIpc) is 3.30. The first kappa shape index (κ1) is 9.47. The molecule has 42 heavy (non-hydrogen) atoms. The Morgan fingerprint density at radius 2 is 0.929 bits per heavy atom. The third kappa shape index (κ3) is 4.22. The molecule has 0 radical (unpaired) electrons. The molecule has 0 aliphatic rings. The van der Waals surface area contributed by atoms with Crippen LogP contribution in [0.1, 0.15) is 35.6 Å². The Labute approximate surface area is 281 Å². The molecule has 0 aliphatic carbocycles. The molecule has 0 amide bonds. The molecule has 0 saturated carbocycles. The fourth-order valence-corrected chi connectivity index (χ4v) is 4.35. The summed E-state index contributed by atoms with van der Waals surface area (Å²) >= 11 is 0. The first-order chi connectivity index (χ1) is 31.6. The van der Waals surface area contributed by atoms with E-state index in [9.17, 15) is 6.85 Å². The van der Waals surface area contributed by atoms with E-state index in [2.05, 4.69) is 9.97 Å². The third-order valence-electron chi connectivity index (χ3n) is 6.18. The lowest BCUT2D eigenvalue weighted by molar-refractivity contribution is 1.19. The first-order valence-corrected chi connectivity index (χ1v) is 12.1. The van der Waals surface area contributed by atoms with Crippen molar-refractivity contribution in [2.45, 2.75) is 0 Å². The fraction of sp³-hybridized carbons (Fsp3) is 0. The SMILES string of the molecule is [2H]c1c(-c2c([2H])c([2H])c(-c3c([2H])c([2H])c([2H])c([2H])c3[2H])c([2H])c2[2H])nc(-c2c([2H])c([2H])c([2H])c([2H])c2[2H])nc1-c1c2c([2H])c([2H])c([2H])c([2H])c2c([2H])c2c1c([2H])c([2H])c1c([2H])c([2H])c([2H])c([2H])c12. The normalized spacial score (nSPS) is 20.0. The van der Waals surface area contributed by atoms with Gasteiger partial charge in [-0.15, -0.1) is 0 Å². The lowest BCUT2D eigenvalue weighted by Gasteiger charge is -2.15. The standard InChI is InChI=1S/C40H26N2/c1-3-11-27(12-4-1)28-19-21-30(22-20-28)37-26-38(42-40(41-37)31-14-5-2-6-15-31)39-34-18-10-8-16-32(34)25-36-33-17-9-7-13-29(33)23-24-35(36)39/h1-26H/i1D,2D,3D,4D,5D,6D,7D,8D,9D,10D,11D,12D,13D,14D,15D,16D,17D,18D,19D,20D,21D,22D,23D,24D,25D,26D. The Morgan fingerprint density at radius 3 is 1.69 bits per heavy atom. The summed E-state index contributed by atoms with van der Waals surface area (Å²) < 4.78 is 228. The summed E-state index contributed by atoms with van der Waals surface area (Å²) in [4.78, 5) is 8.72. The minimum absolute atomic E-state index is 0.554. The molecule has 0 spiro atoms. The van der Waals surface area contributed by atoms with Gasteiger partial charge < -0.3 is 0 Å². The molecule has 0 saturated heterocycles. The summed E-state index contributed by atoms with van der Waals surface area (Å²) in [5.74, 6) is -0.896. The number of fused-ring (bicyclic) bond motifs is 4. The zero-order chi connectivity index (χ0) is 50.5. The highest BCUT2D eigenvalue weighted by Gasteiger charge is 2.17. The lowest BCUT2D eigenvalue weighted by Crippen LogP contribution is -1.97. The number of rotatable bonds is 4. The number of benzene rings is 7. The maximum atomic E-state index is 9.75. The molecule has 0 unspecified atom stereocenters. The van der Waals surface area contributed by atoms with Gasteiger partial charge in [-0.25, -0.2) is 9.97 Å². The van der Waals surface area contributed by atoms with Gasteiger partial charge in [-0.3, -0.25) is 0 Å². The second-order valence-electron chi connectivity index (χ2n) is 8.62. The highest BCUT2D eigenvalue weighted by atomic mass is 14.9. The monoisotopic (exact) mass is 560 g/mol. The predicted molar refractivity (Wildman–Crippen MR) is 176 cm³/mol. The van der Waals surface area contributed by atoms with Crippen LogP contribution in [0.2, 0.25) is 0 Å². The highest BCUT2D eigenvalue weighted by Crippen LogP contribution is 2.40. The molecule has 1 aromatic heterocycles. The third-order valence-corrected chi connectivity index (χ3v) is 6.18. The summed E-state index contributed by atoms with van der Waals surface area (Å²) in [5, 5.41) is -3.68. The molecule has 2 nitrogen and oxygen atoms in total. The van der Waals surface area contributed by atoms with E-state index in [4.69, 9.17) is 28.8 Å². The van der Waals surface area contributed by atoms with Gasteiger partial charge in [-0.1, -0.05) is 145 Å². The molecular formula is C40H26N2. The van der Waals surface area contributed by atoms with E-state index in [1.54, 1.807) is 0 Å². The minimum atomic E-state index is -1.06. The molecule has 2 heteroatoms. The van der Waals surface area contributed by atoms with Crippen LogP contribution in [0, 0.1) is 0 Å². The molecule has 0 N–H and O–H groups in total. The Balaban J connectivity index is 1.68. The van der Waals surface area contributed by atoms with Crippen molar-refractivity contribution in [3.05, 3.63) is 157 Å². The zero-order valence-corrected chi connectivity index (χ0v) is 20.9.